The molecule has 0 aromatic heterocycles. The largest absolute Gasteiger partial charge is 0.493 e. The van der Waals surface area contributed by atoms with E-state index >= 15 is 0 Å². The maximum atomic E-state index is 13.0. The molecule has 0 saturated carbocycles. The zero-order chi connectivity index (χ0) is 10.0. The van der Waals surface area contributed by atoms with Gasteiger partial charge in [0.05, 0.1) is 14.2 Å². The molecule has 0 saturated heterocycles. The second-order valence-corrected chi connectivity index (χ2v) is 2.53. The fourth-order valence-corrected chi connectivity index (χ4v) is 1.20. The van der Waals surface area contributed by atoms with Crippen LogP contribution in [0.25, 0.3) is 0 Å². The standard InChI is InChI=1S/C9H10F2O2/c1-5-8(12-2)6(10)4-7(11)9(5)13-3/h4H,1-3H3. The highest BCUT2D eigenvalue weighted by atomic mass is 19.1. The van der Waals surface area contributed by atoms with E-state index in [1.54, 1.807) is 0 Å². The number of rotatable bonds is 2. The normalized spacial score (nSPS) is 9.92. The van der Waals surface area contributed by atoms with Gasteiger partial charge in [0.1, 0.15) is 0 Å². The molecule has 2 nitrogen and oxygen atoms in total. The lowest BCUT2D eigenvalue weighted by molar-refractivity contribution is 0.352. The highest BCUT2D eigenvalue weighted by Crippen LogP contribution is 2.32. The van der Waals surface area contributed by atoms with Gasteiger partial charge < -0.3 is 9.47 Å². The third-order valence-corrected chi connectivity index (χ3v) is 1.78. The van der Waals surface area contributed by atoms with E-state index in [1.807, 2.05) is 0 Å². The Labute approximate surface area is 75.1 Å². The van der Waals surface area contributed by atoms with E-state index in [0.29, 0.717) is 5.56 Å². The van der Waals surface area contributed by atoms with Crippen LogP contribution in [0.2, 0.25) is 0 Å². The number of hydrogen-bond donors (Lipinski definition) is 0. The summed E-state index contributed by atoms with van der Waals surface area (Å²) in [6.07, 6.45) is 0. The SMILES string of the molecule is COc1c(F)cc(F)c(OC)c1C. The average Bonchev–Trinajstić information content (AvgIpc) is 2.04. The van der Waals surface area contributed by atoms with Crippen molar-refractivity contribution in [1.29, 1.82) is 0 Å². The van der Waals surface area contributed by atoms with Crippen molar-refractivity contribution in [3.05, 3.63) is 23.3 Å². The summed E-state index contributed by atoms with van der Waals surface area (Å²) in [6.45, 7) is 1.53. The molecule has 72 valence electrons. The van der Waals surface area contributed by atoms with Gasteiger partial charge in [-0.05, 0) is 6.92 Å². The Hall–Kier alpha value is -1.32. The lowest BCUT2D eigenvalue weighted by Gasteiger charge is -2.10. The minimum Gasteiger partial charge on any atom is -0.493 e. The van der Waals surface area contributed by atoms with Crippen LogP contribution in [-0.4, -0.2) is 14.2 Å². The maximum Gasteiger partial charge on any atom is 0.168 e. The van der Waals surface area contributed by atoms with Crippen LogP contribution in [0.1, 0.15) is 5.56 Å². The van der Waals surface area contributed by atoms with Gasteiger partial charge in [-0.1, -0.05) is 0 Å². The Morgan fingerprint density at radius 2 is 1.38 bits per heavy atom. The van der Waals surface area contributed by atoms with E-state index in [9.17, 15) is 8.78 Å². The Bertz CT molecular complexity index is 296. The van der Waals surface area contributed by atoms with Gasteiger partial charge >= 0.3 is 0 Å². The molecule has 1 aromatic carbocycles. The fourth-order valence-electron chi connectivity index (χ4n) is 1.20. The first-order chi connectivity index (χ1) is 6.11. The molecule has 13 heavy (non-hydrogen) atoms. The van der Waals surface area contributed by atoms with Crippen LogP contribution in [0.3, 0.4) is 0 Å². The van der Waals surface area contributed by atoms with Gasteiger partial charge in [0.25, 0.3) is 0 Å². The third-order valence-electron chi connectivity index (χ3n) is 1.78. The van der Waals surface area contributed by atoms with Crippen molar-refractivity contribution in [2.45, 2.75) is 6.92 Å². The van der Waals surface area contributed by atoms with Gasteiger partial charge in [-0.15, -0.1) is 0 Å². The van der Waals surface area contributed by atoms with E-state index in [1.165, 1.54) is 21.1 Å². The van der Waals surface area contributed by atoms with E-state index in [2.05, 4.69) is 0 Å². The summed E-state index contributed by atoms with van der Waals surface area (Å²) in [5, 5.41) is 0. The highest BCUT2D eigenvalue weighted by molar-refractivity contribution is 5.45. The number of halogens is 2. The Morgan fingerprint density at radius 3 is 1.69 bits per heavy atom. The predicted molar refractivity (Wildman–Crippen MR) is 44.2 cm³/mol. The fraction of sp³-hybridized carbons (Fsp3) is 0.333. The van der Waals surface area contributed by atoms with Crippen molar-refractivity contribution in [2.75, 3.05) is 14.2 Å². The first-order valence-electron chi connectivity index (χ1n) is 3.68. The number of ether oxygens (including phenoxy) is 2. The Balaban J connectivity index is 3.39. The first kappa shape index (κ1) is 9.77. The molecule has 1 aromatic rings. The molecule has 0 radical (unpaired) electrons. The molecule has 0 bridgehead atoms. The summed E-state index contributed by atoms with van der Waals surface area (Å²) in [5.41, 5.74) is 0.322. The van der Waals surface area contributed by atoms with Crippen molar-refractivity contribution in [3.63, 3.8) is 0 Å². The van der Waals surface area contributed by atoms with Gasteiger partial charge in [0.15, 0.2) is 23.1 Å². The van der Waals surface area contributed by atoms with Crippen LogP contribution >= 0.6 is 0 Å². The average molecular weight is 188 g/mol. The van der Waals surface area contributed by atoms with Crippen molar-refractivity contribution in [1.82, 2.24) is 0 Å². The number of hydrogen-bond acceptors (Lipinski definition) is 2. The van der Waals surface area contributed by atoms with Crippen molar-refractivity contribution < 1.29 is 18.3 Å². The number of methoxy groups -OCH3 is 2. The molecular weight excluding hydrogens is 178 g/mol. The summed E-state index contributed by atoms with van der Waals surface area (Å²) in [4.78, 5) is 0. The molecule has 0 aliphatic rings. The third kappa shape index (κ3) is 1.56. The maximum absolute atomic E-state index is 13.0. The molecule has 4 heteroatoms. The van der Waals surface area contributed by atoms with Crippen LogP contribution in [0.15, 0.2) is 6.07 Å². The van der Waals surface area contributed by atoms with Gasteiger partial charge in [0.2, 0.25) is 0 Å². The number of benzene rings is 1. The Morgan fingerprint density at radius 1 is 1.00 bits per heavy atom. The van der Waals surface area contributed by atoms with E-state index < -0.39 is 11.6 Å². The van der Waals surface area contributed by atoms with Gasteiger partial charge in [-0.3, -0.25) is 0 Å². The van der Waals surface area contributed by atoms with Crippen LogP contribution in [-0.2, 0) is 0 Å². The summed E-state index contributed by atoms with van der Waals surface area (Å²) >= 11 is 0. The molecule has 0 aliphatic carbocycles. The van der Waals surface area contributed by atoms with Crippen molar-refractivity contribution in [3.8, 4) is 11.5 Å². The second-order valence-electron chi connectivity index (χ2n) is 2.53. The summed E-state index contributed by atoms with van der Waals surface area (Å²) in [7, 11) is 2.64. The second kappa shape index (κ2) is 3.60. The predicted octanol–water partition coefficient (Wildman–Crippen LogP) is 2.29. The lowest BCUT2D eigenvalue weighted by atomic mass is 10.2. The molecular formula is C9H10F2O2. The molecule has 0 heterocycles. The molecule has 0 N–H and O–H groups in total. The molecule has 0 spiro atoms. The van der Waals surface area contributed by atoms with Crippen LogP contribution in [0.4, 0.5) is 8.78 Å². The highest BCUT2D eigenvalue weighted by Gasteiger charge is 2.16. The minimum atomic E-state index is -0.724. The van der Waals surface area contributed by atoms with Crippen LogP contribution < -0.4 is 9.47 Å². The molecule has 0 atom stereocenters. The molecule has 0 amide bonds. The zero-order valence-corrected chi connectivity index (χ0v) is 7.65. The molecule has 0 aliphatic heterocycles. The van der Waals surface area contributed by atoms with Crippen molar-refractivity contribution >= 4 is 0 Å². The van der Waals surface area contributed by atoms with Gasteiger partial charge in [-0.25, -0.2) is 8.78 Å². The summed E-state index contributed by atoms with van der Waals surface area (Å²) in [6, 6.07) is 0.741. The topological polar surface area (TPSA) is 18.5 Å². The monoisotopic (exact) mass is 188 g/mol. The van der Waals surface area contributed by atoms with Gasteiger partial charge in [0, 0.05) is 11.6 Å². The molecule has 1 rings (SSSR count). The van der Waals surface area contributed by atoms with Gasteiger partial charge in [-0.2, -0.15) is 0 Å². The lowest BCUT2D eigenvalue weighted by Crippen LogP contribution is -1.98. The van der Waals surface area contributed by atoms with Crippen LogP contribution in [0, 0.1) is 18.6 Å². The first-order valence-corrected chi connectivity index (χ1v) is 3.68. The Kier molecular flexibility index (Phi) is 2.70. The van der Waals surface area contributed by atoms with Crippen LogP contribution in [0.5, 0.6) is 11.5 Å². The van der Waals surface area contributed by atoms with E-state index in [-0.39, 0.29) is 11.5 Å². The van der Waals surface area contributed by atoms with Crippen molar-refractivity contribution in [2.24, 2.45) is 0 Å². The minimum absolute atomic E-state index is 0.0123. The molecule has 0 unspecified atom stereocenters. The summed E-state index contributed by atoms with van der Waals surface area (Å²) in [5.74, 6) is -1.42. The smallest absolute Gasteiger partial charge is 0.168 e. The van der Waals surface area contributed by atoms with E-state index in [4.69, 9.17) is 9.47 Å². The van der Waals surface area contributed by atoms with E-state index in [0.717, 1.165) is 6.07 Å². The summed E-state index contributed by atoms with van der Waals surface area (Å²) < 4.78 is 35.5. The quantitative estimate of drug-likeness (QED) is 0.708. The molecule has 0 fully saturated rings. The zero-order valence-electron chi connectivity index (χ0n) is 7.65.